The number of rotatable bonds is 3. The predicted octanol–water partition coefficient (Wildman–Crippen LogP) is 3.18. The van der Waals surface area contributed by atoms with Gasteiger partial charge in [0.25, 0.3) is 0 Å². The first-order chi connectivity index (χ1) is 9.00. The largest absolute Gasteiger partial charge is 0.472 e. The van der Waals surface area contributed by atoms with Crippen molar-refractivity contribution in [1.29, 1.82) is 5.26 Å². The molecule has 0 aliphatic carbocycles. The molecule has 98 valence electrons. The Kier molecular flexibility index (Phi) is 3.42. The minimum atomic E-state index is -4.54. The molecule has 0 aliphatic rings. The maximum atomic E-state index is 12.5. The van der Waals surface area contributed by atoms with E-state index in [4.69, 9.17) is 9.68 Å². The molecule has 1 N–H and O–H groups in total. The smallest absolute Gasteiger partial charge is 0.433 e. The van der Waals surface area contributed by atoms with Crippen molar-refractivity contribution in [1.82, 2.24) is 4.98 Å². The number of alkyl halides is 3. The Hall–Kier alpha value is -2.49. The first kappa shape index (κ1) is 13.0. The van der Waals surface area contributed by atoms with Gasteiger partial charge in [-0.15, -0.1) is 0 Å². The average molecular weight is 267 g/mol. The molecule has 2 aromatic rings. The Labute approximate surface area is 106 Å². The van der Waals surface area contributed by atoms with Crippen LogP contribution in [0.3, 0.4) is 0 Å². The molecule has 2 rings (SSSR count). The lowest BCUT2D eigenvalue weighted by molar-refractivity contribution is -0.141. The Morgan fingerprint density at radius 2 is 2.11 bits per heavy atom. The van der Waals surface area contributed by atoms with Crippen molar-refractivity contribution in [2.75, 3.05) is 5.32 Å². The van der Waals surface area contributed by atoms with E-state index < -0.39 is 11.9 Å². The molecular weight excluding hydrogens is 259 g/mol. The predicted molar refractivity (Wildman–Crippen MR) is 60.0 cm³/mol. The van der Waals surface area contributed by atoms with Crippen LogP contribution < -0.4 is 5.32 Å². The van der Waals surface area contributed by atoms with Gasteiger partial charge >= 0.3 is 6.18 Å². The molecule has 0 aromatic carbocycles. The van der Waals surface area contributed by atoms with Crippen LogP contribution in [0.4, 0.5) is 19.0 Å². The number of anilines is 1. The molecule has 0 atom stereocenters. The molecule has 0 fully saturated rings. The van der Waals surface area contributed by atoms with Crippen LogP contribution in [0.2, 0.25) is 0 Å². The minimum absolute atomic E-state index is 0.0523. The van der Waals surface area contributed by atoms with Gasteiger partial charge in [-0.2, -0.15) is 18.4 Å². The van der Waals surface area contributed by atoms with Crippen molar-refractivity contribution in [3.63, 3.8) is 0 Å². The number of pyridine rings is 1. The third kappa shape index (κ3) is 3.04. The molecular formula is C12H8F3N3O. The molecule has 19 heavy (non-hydrogen) atoms. The third-order valence-electron chi connectivity index (χ3n) is 2.35. The van der Waals surface area contributed by atoms with Gasteiger partial charge in [-0.05, 0) is 18.2 Å². The second kappa shape index (κ2) is 5.02. The first-order valence-electron chi connectivity index (χ1n) is 5.24. The summed E-state index contributed by atoms with van der Waals surface area (Å²) in [5.41, 5.74) is -0.249. The summed E-state index contributed by atoms with van der Waals surface area (Å²) in [6, 6.07) is 5.32. The third-order valence-corrected chi connectivity index (χ3v) is 2.35. The zero-order chi connectivity index (χ0) is 13.9. The number of aromatic nitrogens is 1. The second-order valence-corrected chi connectivity index (χ2v) is 3.69. The summed E-state index contributed by atoms with van der Waals surface area (Å²) in [5.74, 6) is -0.0986. The highest BCUT2D eigenvalue weighted by atomic mass is 19.4. The summed E-state index contributed by atoms with van der Waals surface area (Å²) < 4.78 is 42.4. The summed E-state index contributed by atoms with van der Waals surface area (Å²) >= 11 is 0. The van der Waals surface area contributed by atoms with E-state index in [0.29, 0.717) is 0 Å². The van der Waals surface area contributed by atoms with Gasteiger partial charge in [0.15, 0.2) is 0 Å². The van der Waals surface area contributed by atoms with Crippen LogP contribution in [0.1, 0.15) is 16.8 Å². The molecule has 2 aromatic heterocycles. The van der Waals surface area contributed by atoms with Crippen LogP contribution in [0.5, 0.6) is 0 Å². The van der Waals surface area contributed by atoms with Gasteiger partial charge in [-0.3, -0.25) is 0 Å². The summed E-state index contributed by atoms with van der Waals surface area (Å²) in [5, 5.41) is 11.5. The van der Waals surface area contributed by atoms with Crippen molar-refractivity contribution in [3.05, 3.63) is 47.5 Å². The minimum Gasteiger partial charge on any atom is -0.472 e. The van der Waals surface area contributed by atoms with Crippen LogP contribution >= 0.6 is 0 Å². The van der Waals surface area contributed by atoms with Crippen LogP contribution in [-0.2, 0) is 12.7 Å². The van der Waals surface area contributed by atoms with Crippen LogP contribution in [0.15, 0.2) is 35.1 Å². The van der Waals surface area contributed by atoms with Crippen molar-refractivity contribution in [2.45, 2.75) is 12.7 Å². The van der Waals surface area contributed by atoms with E-state index in [0.717, 1.165) is 17.7 Å². The van der Waals surface area contributed by atoms with Crippen molar-refractivity contribution in [3.8, 4) is 6.07 Å². The molecule has 0 saturated carbocycles. The fourth-order valence-corrected chi connectivity index (χ4v) is 1.42. The summed E-state index contributed by atoms with van der Waals surface area (Å²) in [6.07, 6.45) is -1.64. The molecule has 4 nitrogen and oxygen atoms in total. The SMILES string of the molecule is N#Cc1ccc(C(F)(F)F)nc1NCc1ccoc1. The van der Waals surface area contributed by atoms with Gasteiger partial charge in [0.1, 0.15) is 17.6 Å². The summed E-state index contributed by atoms with van der Waals surface area (Å²) in [6.45, 7) is 0.222. The van der Waals surface area contributed by atoms with Crippen LogP contribution in [0.25, 0.3) is 0 Å². The number of nitrogens with one attached hydrogen (secondary N) is 1. The van der Waals surface area contributed by atoms with E-state index in [9.17, 15) is 13.2 Å². The highest BCUT2D eigenvalue weighted by molar-refractivity contribution is 5.52. The molecule has 0 aliphatic heterocycles. The molecule has 0 amide bonds. The van der Waals surface area contributed by atoms with E-state index in [1.165, 1.54) is 12.5 Å². The summed E-state index contributed by atoms with van der Waals surface area (Å²) in [7, 11) is 0. The van der Waals surface area contributed by atoms with Gasteiger partial charge in [0.2, 0.25) is 0 Å². The Bertz CT molecular complexity index is 600. The lowest BCUT2D eigenvalue weighted by Gasteiger charge is -2.10. The number of halogens is 3. The van der Waals surface area contributed by atoms with E-state index in [1.54, 1.807) is 12.1 Å². The van der Waals surface area contributed by atoms with Crippen molar-refractivity contribution < 1.29 is 17.6 Å². The normalized spacial score (nSPS) is 11.1. The topological polar surface area (TPSA) is 61.9 Å². The number of nitrogens with zero attached hydrogens (tertiary/aromatic N) is 2. The molecule has 0 spiro atoms. The van der Waals surface area contributed by atoms with E-state index in [1.807, 2.05) is 0 Å². The first-order valence-corrected chi connectivity index (χ1v) is 5.24. The molecule has 2 heterocycles. The van der Waals surface area contributed by atoms with Crippen molar-refractivity contribution >= 4 is 5.82 Å². The fraction of sp³-hybridized carbons (Fsp3) is 0.167. The fourth-order valence-electron chi connectivity index (χ4n) is 1.42. The maximum absolute atomic E-state index is 12.5. The number of nitriles is 1. The van der Waals surface area contributed by atoms with E-state index in [-0.39, 0.29) is 17.9 Å². The number of hydrogen-bond donors (Lipinski definition) is 1. The summed E-state index contributed by atoms with van der Waals surface area (Å²) in [4.78, 5) is 3.43. The zero-order valence-corrected chi connectivity index (χ0v) is 9.53. The zero-order valence-electron chi connectivity index (χ0n) is 9.53. The molecule has 0 bridgehead atoms. The Balaban J connectivity index is 2.24. The maximum Gasteiger partial charge on any atom is 0.433 e. The lowest BCUT2D eigenvalue weighted by atomic mass is 10.2. The van der Waals surface area contributed by atoms with Gasteiger partial charge in [0.05, 0.1) is 18.1 Å². The molecule has 0 radical (unpaired) electrons. The van der Waals surface area contributed by atoms with E-state index in [2.05, 4.69) is 10.3 Å². The quantitative estimate of drug-likeness (QED) is 0.927. The molecule has 0 unspecified atom stereocenters. The van der Waals surface area contributed by atoms with Gasteiger partial charge in [0, 0.05) is 12.1 Å². The number of furan rings is 1. The monoisotopic (exact) mass is 267 g/mol. The highest BCUT2D eigenvalue weighted by Crippen LogP contribution is 2.29. The van der Waals surface area contributed by atoms with Crippen LogP contribution in [-0.4, -0.2) is 4.98 Å². The lowest BCUT2D eigenvalue weighted by Crippen LogP contribution is -2.11. The van der Waals surface area contributed by atoms with Crippen LogP contribution in [0, 0.1) is 11.3 Å². The standard InChI is InChI=1S/C12H8F3N3O/c13-12(14,15)10-2-1-9(5-16)11(18-10)17-6-8-3-4-19-7-8/h1-4,7H,6H2,(H,17,18). The second-order valence-electron chi connectivity index (χ2n) is 3.69. The Morgan fingerprint density at radius 1 is 1.32 bits per heavy atom. The molecule has 0 saturated heterocycles. The highest BCUT2D eigenvalue weighted by Gasteiger charge is 2.33. The molecule has 7 heteroatoms. The van der Waals surface area contributed by atoms with Gasteiger partial charge in [-0.25, -0.2) is 4.98 Å². The average Bonchev–Trinajstić information content (AvgIpc) is 2.88. The van der Waals surface area contributed by atoms with Gasteiger partial charge in [-0.1, -0.05) is 0 Å². The number of hydrogen-bond acceptors (Lipinski definition) is 4. The Morgan fingerprint density at radius 3 is 2.68 bits per heavy atom. The van der Waals surface area contributed by atoms with Crippen molar-refractivity contribution in [2.24, 2.45) is 0 Å². The van der Waals surface area contributed by atoms with E-state index >= 15 is 0 Å². The van der Waals surface area contributed by atoms with Gasteiger partial charge < -0.3 is 9.73 Å².